The maximum atomic E-state index is 11.3. The molecule has 0 heterocycles. The third-order valence-electron chi connectivity index (χ3n) is 1.93. The molecule has 0 aromatic heterocycles. The maximum absolute atomic E-state index is 11.3. The number of carbonyl (C=O) groups is 2. The standard InChI is InChI=1S/C11H10Br2O3/c1-2-16-11(15)5-8-9(12)3-7(6-14)4-10(8)13/h3-4,6H,2,5H2,1H3. The van der Waals surface area contributed by atoms with Crippen LogP contribution in [-0.2, 0) is 16.0 Å². The fourth-order valence-corrected chi connectivity index (χ4v) is 2.72. The molecule has 0 radical (unpaired) electrons. The van der Waals surface area contributed by atoms with Crippen molar-refractivity contribution in [3.05, 3.63) is 32.2 Å². The largest absolute Gasteiger partial charge is 0.466 e. The molecule has 0 aliphatic rings. The van der Waals surface area contributed by atoms with Crippen LogP contribution in [-0.4, -0.2) is 18.9 Å². The van der Waals surface area contributed by atoms with Crippen molar-refractivity contribution in [2.24, 2.45) is 0 Å². The second kappa shape index (κ2) is 6.15. The Morgan fingerprint density at radius 2 is 1.94 bits per heavy atom. The van der Waals surface area contributed by atoms with Crippen LogP contribution in [0.1, 0.15) is 22.8 Å². The van der Waals surface area contributed by atoms with E-state index in [1.165, 1.54) is 0 Å². The molecule has 86 valence electrons. The Kier molecular flexibility index (Phi) is 5.15. The van der Waals surface area contributed by atoms with Gasteiger partial charge < -0.3 is 4.74 Å². The molecule has 0 atom stereocenters. The van der Waals surface area contributed by atoms with Gasteiger partial charge in [-0.2, -0.15) is 0 Å². The highest BCUT2D eigenvalue weighted by atomic mass is 79.9. The van der Waals surface area contributed by atoms with Crippen molar-refractivity contribution in [3.63, 3.8) is 0 Å². The summed E-state index contributed by atoms with van der Waals surface area (Å²) in [7, 11) is 0. The minimum atomic E-state index is -0.289. The van der Waals surface area contributed by atoms with Crippen LogP contribution >= 0.6 is 31.9 Å². The number of rotatable bonds is 4. The van der Waals surface area contributed by atoms with Gasteiger partial charge in [0, 0.05) is 14.5 Å². The predicted molar refractivity (Wildman–Crippen MR) is 67.6 cm³/mol. The lowest BCUT2D eigenvalue weighted by Gasteiger charge is -2.07. The molecule has 0 N–H and O–H groups in total. The normalized spacial score (nSPS) is 9.94. The van der Waals surface area contributed by atoms with E-state index < -0.39 is 0 Å². The van der Waals surface area contributed by atoms with E-state index in [9.17, 15) is 9.59 Å². The van der Waals surface area contributed by atoms with Crippen molar-refractivity contribution in [1.29, 1.82) is 0 Å². The Morgan fingerprint density at radius 3 is 2.38 bits per heavy atom. The number of carbonyl (C=O) groups excluding carboxylic acids is 2. The number of halogens is 2. The lowest BCUT2D eigenvalue weighted by atomic mass is 10.1. The Labute approximate surface area is 110 Å². The Morgan fingerprint density at radius 1 is 1.38 bits per heavy atom. The van der Waals surface area contributed by atoms with E-state index >= 15 is 0 Å². The Balaban J connectivity index is 2.96. The van der Waals surface area contributed by atoms with Gasteiger partial charge in [-0.3, -0.25) is 9.59 Å². The first-order valence-corrected chi connectivity index (χ1v) is 6.25. The summed E-state index contributed by atoms with van der Waals surface area (Å²) < 4.78 is 6.30. The molecule has 0 aliphatic carbocycles. The van der Waals surface area contributed by atoms with E-state index in [0.29, 0.717) is 12.2 Å². The first-order valence-electron chi connectivity index (χ1n) is 4.67. The molecule has 0 saturated heterocycles. The average molecular weight is 350 g/mol. The van der Waals surface area contributed by atoms with E-state index in [1.807, 2.05) is 0 Å². The molecule has 0 fully saturated rings. The quantitative estimate of drug-likeness (QED) is 0.619. The Hall–Kier alpha value is -0.680. The number of ether oxygens (including phenoxy) is 1. The zero-order valence-corrected chi connectivity index (χ0v) is 11.8. The van der Waals surface area contributed by atoms with Crippen LogP contribution in [0.3, 0.4) is 0 Å². The topological polar surface area (TPSA) is 43.4 Å². The minimum Gasteiger partial charge on any atom is -0.466 e. The molecule has 0 saturated carbocycles. The van der Waals surface area contributed by atoms with Crippen molar-refractivity contribution >= 4 is 44.1 Å². The minimum absolute atomic E-state index is 0.175. The molecule has 3 nitrogen and oxygen atoms in total. The van der Waals surface area contributed by atoms with Gasteiger partial charge in [-0.1, -0.05) is 31.9 Å². The number of hydrogen-bond donors (Lipinski definition) is 0. The van der Waals surface area contributed by atoms with Crippen LogP contribution < -0.4 is 0 Å². The van der Waals surface area contributed by atoms with E-state index in [1.54, 1.807) is 19.1 Å². The molecule has 16 heavy (non-hydrogen) atoms. The summed E-state index contributed by atoms with van der Waals surface area (Å²) in [5.41, 5.74) is 1.33. The molecule has 0 aliphatic heterocycles. The van der Waals surface area contributed by atoms with Gasteiger partial charge in [0.2, 0.25) is 0 Å². The fourth-order valence-electron chi connectivity index (χ4n) is 1.22. The lowest BCUT2D eigenvalue weighted by Crippen LogP contribution is -2.08. The van der Waals surface area contributed by atoms with E-state index in [-0.39, 0.29) is 12.4 Å². The predicted octanol–water partition coefficient (Wildman–Crippen LogP) is 3.13. The summed E-state index contributed by atoms with van der Waals surface area (Å²) >= 11 is 6.64. The first kappa shape index (κ1) is 13.4. The van der Waals surface area contributed by atoms with Gasteiger partial charge in [0.1, 0.15) is 6.29 Å². The molecule has 0 amide bonds. The van der Waals surface area contributed by atoms with Gasteiger partial charge in [0.05, 0.1) is 13.0 Å². The summed E-state index contributed by atoms with van der Waals surface area (Å²) in [5.74, 6) is -0.289. The fraction of sp³-hybridized carbons (Fsp3) is 0.273. The number of esters is 1. The lowest BCUT2D eigenvalue weighted by molar-refractivity contribution is -0.142. The average Bonchev–Trinajstić information content (AvgIpc) is 2.23. The molecule has 0 unspecified atom stereocenters. The highest BCUT2D eigenvalue weighted by Crippen LogP contribution is 2.27. The van der Waals surface area contributed by atoms with Crippen molar-refractivity contribution in [3.8, 4) is 0 Å². The first-order chi connectivity index (χ1) is 7.58. The summed E-state index contributed by atoms with van der Waals surface area (Å²) in [6, 6.07) is 3.35. The van der Waals surface area contributed by atoms with Gasteiger partial charge in [-0.25, -0.2) is 0 Å². The molecule has 0 bridgehead atoms. The van der Waals surface area contributed by atoms with Gasteiger partial charge in [-0.15, -0.1) is 0 Å². The second-order valence-corrected chi connectivity index (χ2v) is 4.77. The van der Waals surface area contributed by atoms with Crippen LogP contribution in [0, 0.1) is 0 Å². The van der Waals surface area contributed by atoms with E-state index in [4.69, 9.17) is 4.74 Å². The molecule has 0 spiro atoms. The highest BCUT2D eigenvalue weighted by molar-refractivity contribution is 9.11. The molecule has 1 rings (SSSR count). The van der Waals surface area contributed by atoms with Crippen LogP contribution in [0.25, 0.3) is 0 Å². The summed E-state index contributed by atoms with van der Waals surface area (Å²) in [6.45, 7) is 2.12. The van der Waals surface area contributed by atoms with Crippen LogP contribution in [0.4, 0.5) is 0 Å². The monoisotopic (exact) mass is 348 g/mol. The third kappa shape index (κ3) is 3.42. The Bertz CT molecular complexity index is 393. The maximum Gasteiger partial charge on any atom is 0.310 e. The van der Waals surface area contributed by atoms with Crippen molar-refractivity contribution in [2.75, 3.05) is 6.61 Å². The smallest absolute Gasteiger partial charge is 0.310 e. The van der Waals surface area contributed by atoms with Crippen LogP contribution in [0.5, 0.6) is 0 Å². The number of benzene rings is 1. The van der Waals surface area contributed by atoms with Gasteiger partial charge >= 0.3 is 5.97 Å². The number of hydrogen-bond acceptors (Lipinski definition) is 3. The SMILES string of the molecule is CCOC(=O)Cc1c(Br)cc(C=O)cc1Br. The second-order valence-electron chi connectivity index (χ2n) is 3.06. The zero-order valence-electron chi connectivity index (χ0n) is 8.63. The van der Waals surface area contributed by atoms with E-state index in [0.717, 1.165) is 20.8 Å². The van der Waals surface area contributed by atoms with Gasteiger partial charge in [0.15, 0.2) is 0 Å². The molecule has 5 heteroatoms. The zero-order chi connectivity index (χ0) is 12.1. The summed E-state index contributed by atoms with van der Waals surface area (Å²) in [6.07, 6.45) is 0.928. The van der Waals surface area contributed by atoms with Crippen LogP contribution in [0.2, 0.25) is 0 Å². The molecular formula is C11H10Br2O3. The molecule has 1 aromatic carbocycles. The molecular weight excluding hydrogens is 340 g/mol. The number of aldehydes is 1. The van der Waals surface area contributed by atoms with Crippen molar-refractivity contribution in [1.82, 2.24) is 0 Å². The third-order valence-corrected chi connectivity index (χ3v) is 3.34. The van der Waals surface area contributed by atoms with Crippen molar-refractivity contribution in [2.45, 2.75) is 13.3 Å². The van der Waals surface area contributed by atoms with E-state index in [2.05, 4.69) is 31.9 Å². The van der Waals surface area contributed by atoms with Crippen molar-refractivity contribution < 1.29 is 14.3 Å². The summed E-state index contributed by atoms with van der Waals surface area (Å²) in [4.78, 5) is 22.0. The summed E-state index contributed by atoms with van der Waals surface area (Å²) in [5, 5.41) is 0. The molecule has 1 aromatic rings. The van der Waals surface area contributed by atoms with Gasteiger partial charge in [-0.05, 0) is 24.6 Å². The highest BCUT2D eigenvalue weighted by Gasteiger charge is 2.12. The van der Waals surface area contributed by atoms with Gasteiger partial charge in [0.25, 0.3) is 0 Å². The van der Waals surface area contributed by atoms with Crippen LogP contribution in [0.15, 0.2) is 21.1 Å².